The molecule has 0 saturated carbocycles. The predicted octanol–water partition coefficient (Wildman–Crippen LogP) is 4.30. The number of nitrogens with one attached hydrogen (secondary N) is 1. The van der Waals surface area contributed by atoms with Crippen molar-refractivity contribution in [3.63, 3.8) is 0 Å². The lowest BCUT2D eigenvalue weighted by molar-refractivity contribution is 0.0953. The molecule has 7 heteroatoms. The van der Waals surface area contributed by atoms with E-state index < -0.39 is 0 Å². The Balaban J connectivity index is 1.39. The van der Waals surface area contributed by atoms with Crippen molar-refractivity contribution < 1.29 is 4.79 Å². The summed E-state index contributed by atoms with van der Waals surface area (Å²) in [5.41, 5.74) is 4.07. The first kappa shape index (κ1) is 21.1. The van der Waals surface area contributed by atoms with E-state index in [-0.39, 0.29) is 5.91 Å². The van der Waals surface area contributed by atoms with Crippen LogP contribution in [-0.4, -0.2) is 45.1 Å². The maximum Gasteiger partial charge on any atom is 0.251 e. The van der Waals surface area contributed by atoms with E-state index >= 15 is 0 Å². The van der Waals surface area contributed by atoms with Crippen molar-refractivity contribution in [3.05, 3.63) is 72.8 Å². The second-order valence-corrected chi connectivity index (χ2v) is 8.42. The molecular formula is C26H28N6O. The average Bonchev–Trinajstić information content (AvgIpc) is 3.40. The number of fused-ring (bicyclic) bond motifs is 1. The van der Waals surface area contributed by atoms with Crippen LogP contribution in [0.1, 0.15) is 36.0 Å². The number of anilines is 1. The molecule has 1 saturated heterocycles. The molecule has 0 spiro atoms. The molecule has 2 aromatic heterocycles. The van der Waals surface area contributed by atoms with Gasteiger partial charge in [0.1, 0.15) is 5.69 Å². The second-order valence-electron chi connectivity index (χ2n) is 8.42. The Hall–Kier alpha value is -3.74. The SMILES string of the molecule is O=C(NCCCn1ccnc1)c1ccc2nc(N3CCCCC3)c(-c3ccccc3)nc2c1. The Morgan fingerprint density at radius 1 is 0.970 bits per heavy atom. The van der Waals surface area contributed by atoms with Crippen LogP contribution < -0.4 is 10.2 Å². The molecule has 3 heterocycles. The van der Waals surface area contributed by atoms with Crippen LogP contribution in [0.15, 0.2) is 67.3 Å². The van der Waals surface area contributed by atoms with Crippen LogP contribution >= 0.6 is 0 Å². The number of benzene rings is 2. The number of imidazole rings is 1. The predicted molar refractivity (Wildman–Crippen MR) is 130 cm³/mol. The lowest BCUT2D eigenvalue weighted by Gasteiger charge is -2.29. The zero-order valence-corrected chi connectivity index (χ0v) is 18.7. The first-order valence-corrected chi connectivity index (χ1v) is 11.6. The third-order valence-corrected chi connectivity index (χ3v) is 6.05. The van der Waals surface area contributed by atoms with Gasteiger partial charge in [0.15, 0.2) is 5.82 Å². The van der Waals surface area contributed by atoms with E-state index in [0.717, 1.165) is 54.2 Å². The quantitative estimate of drug-likeness (QED) is 0.434. The summed E-state index contributed by atoms with van der Waals surface area (Å²) >= 11 is 0. The van der Waals surface area contributed by atoms with Gasteiger partial charge in [0.05, 0.1) is 17.4 Å². The largest absolute Gasteiger partial charge is 0.355 e. The Kier molecular flexibility index (Phi) is 6.28. The molecule has 1 aliphatic rings. The molecule has 2 aromatic carbocycles. The first-order valence-electron chi connectivity index (χ1n) is 11.6. The van der Waals surface area contributed by atoms with Gasteiger partial charge < -0.3 is 14.8 Å². The van der Waals surface area contributed by atoms with E-state index in [1.807, 2.05) is 47.2 Å². The average molecular weight is 441 g/mol. The summed E-state index contributed by atoms with van der Waals surface area (Å²) < 4.78 is 2.00. The summed E-state index contributed by atoms with van der Waals surface area (Å²) in [5, 5.41) is 3.01. The number of piperidine rings is 1. The van der Waals surface area contributed by atoms with Crippen LogP contribution in [0.5, 0.6) is 0 Å². The zero-order valence-electron chi connectivity index (χ0n) is 18.7. The van der Waals surface area contributed by atoms with E-state index in [1.54, 1.807) is 12.5 Å². The van der Waals surface area contributed by atoms with Gasteiger partial charge in [0.25, 0.3) is 5.91 Å². The van der Waals surface area contributed by atoms with Crippen LogP contribution in [0.25, 0.3) is 22.3 Å². The molecular weight excluding hydrogens is 412 g/mol. The van der Waals surface area contributed by atoms with E-state index in [9.17, 15) is 4.79 Å². The van der Waals surface area contributed by atoms with Crippen molar-refractivity contribution in [1.29, 1.82) is 0 Å². The van der Waals surface area contributed by atoms with Crippen molar-refractivity contribution in [2.45, 2.75) is 32.2 Å². The summed E-state index contributed by atoms with van der Waals surface area (Å²) in [6, 6.07) is 15.8. The number of carbonyl (C=O) groups is 1. The number of aryl methyl sites for hydroxylation is 1. The fourth-order valence-electron chi connectivity index (χ4n) is 4.29. The van der Waals surface area contributed by atoms with Gasteiger partial charge in [-0.05, 0) is 43.9 Å². The summed E-state index contributed by atoms with van der Waals surface area (Å²) in [7, 11) is 0. The number of aromatic nitrogens is 4. The highest BCUT2D eigenvalue weighted by Crippen LogP contribution is 2.31. The fraction of sp³-hybridized carbons (Fsp3) is 0.308. The third kappa shape index (κ3) is 4.87. The van der Waals surface area contributed by atoms with Crippen LogP contribution in [0.2, 0.25) is 0 Å². The van der Waals surface area contributed by atoms with Crippen LogP contribution in [-0.2, 0) is 6.54 Å². The minimum absolute atomic E-state index is 0.0919. The summed E-state index contributed by atoms with van der Waals surface area (Å²) in [6.45, 7) is 3.42. The molecule has 168 valence electrons. The smallest absolute Gasteiger partial charge is 0.251 e. The summed E-state index contributed by atoms with van der Waals surface area (Å²) in [6.07, 6.45) is 9.92. The zero-order chi connectivity index (χ0) is 22.5. The number of hydrogen-bond donors (Lipinski definition) is 1. The highest BCUT2D eigenvalue weighted by Gasteiger charge is 2.20. The molecule has 5 rings (SSSR count). The van der Waals surface area contributed by atoms with Gasteiger partial charge in [-0.3, -0.25) is 4.79 Å². The lowest BCUT2D eigenvalue weighted by atomic mass is 10.1. The molecule has 4 aromatic rings. The second kappa shape index (κ2) is 9.81. The number of carbonyl (C=O) groups excluding carboxylic acids is 1. The van der Waals surface area contributed by atoms with Gasteiger partial charge in [-0.25, -0.2) is 15.0 Å². The van der Waals surface area contributed by atoms with E-state index in [1.165, 1.54) is 19.3 Å². The molecule has 0 atom stereocenters. The Morgan fingerprint density at radius 2 is 1.82 bits per heavy atom. The molecule has 1 aliphatic heterocycles. The molecule has 0 unspecified atom stereocenters. The monoisotopic (exact) mass is 440 g/mol. The molecule has 33 heavy (non-hydrogen) atoms. The maximum atomic E-state index is 12.7. The minimum Gasteiger partial charge on any atom is -0.355 e. The third-order valence-electron chi connectivity index (χ3n) is 6.05. The van der Waals surface area contributed by atoms with E-state index in [4.69, 9.17) is 9.97 Å². The Bertz CT molecular complexity index is 1220. The fourth-order valence-corrected chi connectivity index (χ4v) is 4.29. The standard InChI is InChI=1S/C26H28N6O/c33-26(28-12-7-14-31-17-13-27-19-31)21-10-11-22-23(18-21)29-24(20-8-3-1-4-9-20)25(30-22)32-15-5-2-6-16-32/h1,3-4,8-11,13,17-19H,2,5-7,12,14-16H2,(H,28,33). The van der Waals surface area contributed by atoms with Crippen molar-refractivity contribution in [3.8, 4) is 11.3 Å². The van der Waals surface area contributed by atoms with Gasteiger partial charge in [-0.2, -0.15) is 0 Å². The highest BCUT2D eigenvalue weighted by molar-refractivity contribution is 5.97. The Labute approximate surface area is 193 Å². The maximum absolute atomic E-state index is 12.7. The van der Waals surface area contributed by atoms with Gasteiger partial charge >= 0.3 is 0 Å². The first-order chi connectivity index (χ1) is 16.3. The number of rotatable bonds is 7. The van der Waals surface area contributed by atoms with Crippen molar-refractivity contribution in [2.75, 3.05) is 24.5 Å². The van der Waals surface area contributed by atoms with E-state index in [2.05, 4.69) is 27.3 Å². The molecule has 0 aliphatic carbocycles. The van der Waals surface area contributed by atoms with Crippen LogP contribution in [0.4, 0.5) is 5.82 Å². The number of hydrogen-bond acceptors (Lipinski definition) is 5. The number of nitrogens with zero attached hydrogens (tertiary/aromatic N) is 5. The van der Waals surface area contributed by atoms with Gasteiger partial charge in [-0.15, -0.1) is 0 Å². The summed E-state index contributed by atoms with van der Waals surface area (Å²) in [4.78, 5) is 29.1. The molecule has 1 amide bonds. The van der Waals surface area contributed by atoms with Gasteiger partial charge in [-0.1, -0.05) is 30.3 Å². The lowest BCUT2D eigenvalue weighted by Crippen LogP contribution is -2.31. The molecule has 0 bridgehead atoms. The molecule has 1 fully saturated rings. The number of amides is 1. The normalized spacial score (nSPS) is 13.9. The van der Waals surface area contributed by atoms with Crippen molar-refractivity contribution in [2.24, 2.45) is 0 Å². The van der Waals surface area contributed by atoms with Crippen LogP contribution in [0.3, 0.4) is 0 Å². The van der Waals surface area contributed by atoms with Crippen molar-refractivity contribution in [1.82, 2.24) is 24.8 Å². The highest BCUT2D eigenvalue weighted by atomic mass is 16.1. The van der Waals surface area contributed by atoms with Crippen molar-refractivity contribution >= 4 is 22.8 Å². The summed E-state index contributed by atoms with van der Waals surface area (Å²) in [5.74, 6) is 0.843. The topological polar surface area (TPSA) is 75.9 Å². The van der Waals surface area contributed by atoms with Crippen LogP contribution in [0, 0.1) is 0 Å². The molecule has 0 radical (unpaired) electrons. The molecule has 1 N–H and O–H groups in total. The van der Waals surface area contributed by atoms with Gasteiger partial charge in [0, 0.05) is 49.7 Å². The molecule has 7 nitrogen and oxygen atoms in total. The van der Waals surface area contributed by atoms with Gasteiger partial charge in [0.2, 0.25) is 0 Å². The van der Waals surface area contributed by atoms with E-state index in [0.29, 0.717) is 12.1 Å². The Morgan fingerprint density at radius 3 is 2.61 bits per heavy atom. The minimum atomic E-state index is -0.0919.